The highest BCUT2D eigenvalue weighted by molar-refractivity contribution is 6.35. The van der Waals surface area contributed by atoms with Gasteiger partial charge in [-0.25, -0.2) is 0 Å². The van der Waals surface area contributed by atoms with Crippen molar-refractivity contribution in [3.63, 3.8) is 0 Å². The number of hydrogen-bond acceptors (Lipinski definition) is 3. The topological polar surface area (TPSA) is 52.7 Å². The molecular formula is C31H40Cl3N3O2. The first-order valence-electron chi connectivity index (χ1n) is 13.9. The Bertz CT molecular complexity index is 1200. The Balaban J connectivity index is 1.52. The number of likely N-dealkylation sites (tertiary alicyclic amines) is 2. The zero-order chi connectivity index (χ0) is 28.5. The van der Waals surface area contributed by atoms with Crippen LogP contribution in [0.2, 0.25) is 15.1 Å². The van der Waals surface area contributed by atoms with Gasteiger partial charge in [0.15, 0.2) is 0 Å². The van der Waals surface area contributed by atoms with Crippen LogP contribution in [0.15, 0.2) is 36.4 Å². The molecule has 2 aliphatic rings. The van der Waals surface area contributed by atoms with Gasteiger partial charge in [0, 0.05) is 59.6 Å². The molecule has 2 heterocycles. The molecule has 39 heavy (non-hydrogen) atoms. The van der Waals surface area contributed by atoms with E-state index in [1.165, 1.54) is 5.56 Å². The Morgan fingerprint density at radius 1 is 0.974 bits per heavy atom. The number of rotatable bonds is 6. The molecule has 0 saturated carbocycles. The van der Waals surface area contributed by atoms with E-state index < -0.39 is 0 Å². The molecule has 0 unspecified atom stereocenters. The molecule has 1 N–H and O–H groups in total. The lowest BCUT2D eigenvalue weighted by atomic mass is 9.83. The Morgan fingerprint density at radius 3 is 2.15 bits per heavy atom. The zero-order valence-corrected chi connectivity index (χ0v) is 25.8. The normalized spacial score (nSPS) is 21.7. The van der Waals surface area contributed by atoms with Crippen LogP contribution in [-0.4, -0.2) is 53.3 Å². The number of carbonyl (C=O) groups is 2. The zero-order valence-electron chi connectivity index (χ0n) is 23.6. The van der Waals surface area contributed by atoms with E-state index in [1.807, 2.05) is 29.2 Å². The Morgan fingerprint density at radius 2 is 1.59 bits per heavy atom. The number of piperidine rings is 1. The van der Waals surface area contributed by atoms with Crippen LogP contribution >= 0.6 is 34.8 Å². The van der Waals surface area contributed by atoms with E-state index in [1.54, 1.807) is 13.0 Å². The second kappa shape index (κ2) is 12.4. The lowest BCUT2D eigenvalue weighted by Gasteiger charge is -2.36. The summed E-state index contributed by atoms with van der Waals surface area (Å²) in [6.07, 6.45) is 2.53. The summed E-state index contributed by atoms with van der Waals surface area (Å²) in [6.45, 7) is 13.1. The number of halogens is 3. The summed E-state index contributed by atoms with van der Waals surface area (Å²) in [5, 5.41) is 4.97. The van der Waals surface area contributed by atoms with Gasteiger partial charge >= 0.3 is 0 Å². The van der Waals surface area contributed by atoms with E-state index in [-0.39, 0.29) is 35.2 Å². The molecule has 2 aromatic rings. The minimum absolute atomic E-state index is 0.0186. The van der Waals surface area contributed by atoms with Gasteiger partial charge < -0.3 is 10.2 Å². The standard InChI is InChI=1S/C31H40Cl3N3O2/c1-6-29(35-19(2)38)25-15-21(32)7-9-23(25)20-11-13-36(14-12-20)30(39)27-18-37(31(3,4)5)17-26(27)24-10-8-22(33)16-28(24)34/h7-10,15-16,20,26-27,29H,6,11-14,17-18H2,1-5H3,(H,35,38)/t26-,27+,29+/m1/s1. The van der Waals surface area contributed by atoms with Crippen molar-refractivity contribution < 1.29 is 9.59 Å². The summed E-state index contributed by atoms with van der Waals surface area (Å²) in [5.74, 6) is 0.321. The summed E-state index contributed by atoms with van der Waals surface area (Å²) in [6, 6.07) is 11.6. The van der Waals surface area contributed by atoms with Gasteiger partial charge in [-0.3, -0.25) is 14.5 Å². The summed E-state index contributed by atoms with van der Waals surface area (Å²) >= 11 is 19.2. The van der Waals surface area contributed by atoms with Crippen LogP contribution in [-0.2, 0) is 9.59 Å². The SMILES string of the molecule is CC[C@H](NC(C)=O)c1cc(Cl)ccc1C1CCN(C(=O)[C@H]2CN(C(C)(C)C)C[C@@H]2c2ccc(Cl)cc2Cl)CC1. The van der Waals surface area contributed by atoms with Crippen LogP contribution < -0.4 is 5.32 Å². The molecule has 2 fully saturated rings. The van der Waals surface area contributed by atoms with Crippen LogP contribution in [0.3, 0.4) is 0 Å². The largest absolute Gasteiger partial charge is 0.350 e. The lowest BCUT2D eigenvalue weighted by Crippen LogP contribution is -2.44. The van der Waals surface area contributed by atoms with E-state index in [4.69, 9.17) is 34.8 Å². The van der Waals surface area contributed by atoms with Crippen LogP contribution in [0.5, 0.6) is 0 Å². The van der Waals surface area contributed by atoms with Gasteiger partial charge in [0.1, 0.15) is 0 Å². The number of nitrogens with zero attached hydrogens (tertiary/aromatic N) is 2. The Kier molecular flexibility index (Phi) is 9.58. The summed E-state index contributed by atoms with van der Waals surface area (Å²) < 4.78 is 0. The average Bonchev–Trinajstić information content (AvgIpc) is 3.33. The van der Waals surface area contributed by atoms with Crippen molar-refractivity contribution in [1.29, 1.82) is 0 Å². The van der Waals surface area contributed by atoms with Crippen LogP contribution in [0.4, 0.5) is 0 Å². The predicted octanol–water partition coefficient (Wildman–Crippen LogP) is 7.45. The molecule has 0 radical (unpaired) electrons. The van der Waals surface area contributed by atoms with Crippen molar-refractivity contribution in [3.8, 4) is 0 Å². The molecule has 0 aromatic heterocycles. The first-order chi connectivity index (χ1) is 18.4. The molecule has 2 saturated heterocycles. The van der Waals surface area contributed by atoms with E-state index in [0.717, 1.165) is 36.9 Å². The third-order valence-corrected chi connectivity index (χ3v) is 9.20. The molecule has 2 aliphatic heterocycles. The van der Waals surface area contributed by atoms with Crippen molar-refractivity contribution in [2.24, 2.45) is 5.92 Å². The van der Waals surface area contributed by atoms with Crippen molar-refractivity contribution in [1.82, 2.24) is 15.1 Å². The molecule has 8 heteroatoms. The molecular weight excluding hydrogens is 553 g/mol. The highest BCUT2D eigenvalue weighted by Crippen LogP contribution is 2.42. The fraction of sp³-hybridized carbons (Fsp3) is 0.548. The van der Waals surface area contributed by atoms with E-state index >= 15 is 0 Å². The molecule has 2 amide bonds. The minimum atomic E-state index is -0.158. The number of hydrogen-bond donors (Lipinski definition) is 1. The van der Waals surface area contributed by atoms with Crippen molar-refractivity contribution in [2.45, 2.75) is 77.3 Å². The molecule has 212 valence electrons. The van der Waals surface area contributed by atoms with E-state index in [9.17, 15) is 9.59 Å². The summed E-state index contributed by atoms with van der Waals surface area (Å²) in [5.41, 5.74) is 3.25. The average molecular weight is 593 g/mol. The predicted molar refractivity (Wildman–Crippen MR) is 161 cm³/mol. The lowest BCUT2D eigenvalue weighted by molar-refractivity contribution is -0.136. The monoisotopic (exact) mass is 591 g/mol. The molecule has 2 aromatic carbocycles. The Hall–Kier alpha value is -1.79. The maximum absolute atomic E-state index is 14.0. The number of amides is 2. The quantitative estimate of drug-likeness (QED) is 0.379. The second-order valence-corrected chi connectivity index (χ2v) is 13.3. The van der Waals surface area contributed by atoms with Crippen LogP contribution in [0.25, 0.3) is 0 Å². The summed E-state index contributed by atoms with van der Waals surface area (Å²) in [7, 11) is 0. The fourth-order valence-electron chi connectivity index (χ4n) is 6.23. The Labute approximate surface area is 248 Å². The first-order valence-corrected chi connectivity index (χ1v) is 15.1. The highest BCUT2D eigenvalue weighted by atomic mass is 35.5. The molecule has 4 rings (SSSR count). The highest BCUT2D eigenvalue weighted by Gasteiger charge is 2.44. The fourth-order valence-corrected chi connectivity index (χ4v) is 6.96. The van der Waals surface area contributed by atoms with E-state index in [0.29, 0.717) is 40.6 Å². The second-order valence-electron chi connectivity index (χ2n) is 12.0. The maximum Gasteiger partial charge on any atom is 0.227 e. The maximum atomic E-state index is 14.0. The summed E-state index contributed by atoms with van der Waals surface area (Å²) in [4.78, 5) is 30.3. The smallest absolute Gasteiger partial charge is 0.227 e. The molecule has 0 aliphatic carbocycles. The van der Waals surface area contributed by atoms with Gasteiger partial charge in [0.05, 0.1) is 12.0 Å². The van der Waals surface area contributed by atoms with Crippen LogP contribution in [0.1, 0.15) is 88.4 Å². The van der Waals surface area contributed by atoms with Gasteiger partial charge in [-0.2, -0.15) is 0 Å². The molecule has 0 spiro atoms. The van der Waals surface area contributed by atoms with Gasteiger partial charge in [-0.15, -0.1) is 0 Å². The third-order valence-electron chi connectivity index (χ3n) is 8.40. The molecule has 0 bridgehead atoms. The van der Waals surface area contributed by atoms with Crippen molar-refractivity contribution >= 4 is 46.6 Å². The first kappa shape index (κ1) is 30.2. The van der Waals surface area contributed by atoms with Gasteiger partial charge in [0.25, 0.3) is 0 Å². The molecule has 3 atom stereocenters. The minimum Gasteiger partial charge on any atom is -0.350 e. The van der Waals surface area contributed by atoms with Crippen molar-refractivity contribution in [3.05, 3.63) is 68.2 Å². The third kappa shape index (κ3) is 6.93. The van der Waals surface area contributed by atoms with E-state index in [2.05, 4.69) is 44.0 Å². The van der Waals surface area contributed by atoms with Gasteiger partial charge in [-0.1, -0.05) is 53.9 Å². The van der Waals surface area contributed by atoms with Gasteiger partial charge in [-0.05, 0) is 86.9 Å². The number of carbonyl (C=O) groups excluding carboxylic acids is 2. The van der Waals surface area contributed by atoms with Crippen molar-refractivity contribution in [2.75, 3.05) is 26.2 Å². The number of nitrogens with one attached hydrogen (secondary N) is 1. The van der Waals surface area contributed by atoms with Gasteiger partial charge in [0.2, 0.25) is 11.8 Å². The number of benzene rings is 2. The molecule has 5 nitrogen and oxygen atoms in total. The van der Waals surface area contributed by atoms with Crippen LogP contribution in [0, 0.1) is 5.92 Å².